The molecule has 5 nitrogen and oxygen atoms in total. The van der Waals surface area contributed by atoms with Crippen molar-refractivity contribution in [3.63, 3.8) is 0 Å². The molecule has 0 saturated carbocycles. The summed E-state index contributed by atoms with van der Waals surface area (Å²) >= 11 is 3.63. The van der Waals surface area contributed by atoms with E-state index >= 15 is 0 Å². The molecule has 0 radical (unpaired) electrons. The quantitative estimate of drug-likeness (QED) is 0.394. The van der Waals surface area contributed by atoms with Gasteiger partial charge in [0.2, 0.25) is 0 Å². The van der Waals surface area contributed by atoms with Gasteiger partial charge in [0.25, 0.3) is 0 Å². The van der Waals surface area contributed by atoms with E-state index in [1.54, 1.807) is 11.8 Å². The van der Waals surface area contributed by atoms with Crippen LogP contribution in [0.4, 0.5) is 0 Å². The van der Waals surface area contributed by atoms with Crippen LogP contribution in [-0.2, 0) is 6.54 Å². The molecule has 0 spiro atoms. The van der Waals surface area contributed by atoms with Gasteiger partial charge in [-0.3, -0.25) is 4.90 Å². The number of rotatable bonds is 7. The third kappa shape index (κ3) is 5.02. The fourth-order valence-electron chi connectivity index (χ4n) is 4.54. The maximum atomic E-state index is 4.93. The van der Waals surface area contributed by atoms with Crippen molar-refractivity contribution in [2.75, 3.05) is 38.5 Å². The molecule has 158 valence electrons. The molecule has 0 bridgehead atoms. The molecule has 0 unspecified atom stereocenters. The minimum absolute atomic E-state index is 0.495. The molecule has 0 amide bonds. The lowest BCUT2D eigenvalue weighted by atomic mass is 9.94. The molecule has 7 heteroatoms. The number of thioether (sulfide) groups is 1. The zero-order valence-electron chi connectivity index (χ0n) is 17.4. The predicted molar refractivity (Wildman–Crippen MR) is 125 cm³/mol. The second-order valence-electron chi connectivity index (χ2n) is 8.31. The smallest absolute Gasteiger partial charge is 0.187 e. The Kier molecular flexibility index (Phi) is 6.60. The summed E-state index contributed by atoms with van der Waals surface area (Å²) in [4.78, 5) is 19.4. The number of thiazole rings is 1. The van der Waals surface area contributed by atoms with E-state index in [0.717, 1.165) is 42.6 Å². The van der Waals surface area contributed by atoms with Gasteiger partial charge in [-0.05, 0) is 63.5 Å². The van der Waals surface area contributed by atoms with Gasteiger partial charge in [0, 0.05) is 36.7 Å². The van der Waals surface area contributed by atoms with Crippen molar-refractivity contribution in [2.45, 2.75) is 43.3 Å². The Morgan fingerprint density at radius 1 is 1.00 bits per heavy atom. The fourth-order valence-corrected chi connectivity index (χ4v) is 6.39. The van der Waals surface area contributed by atoms with Gasteiger partial charge < -0.3 is 4.90 Å². The van der Waals surface area contributed by atoms with Crippen LogP contribution < -0.4 is 0 Å². The molecule has 0 N–H and O–H groups in total. The maximum absolute atomic E-state index is 4.93. The Bertz CT molecular complexity index is 936. The Balaban J connectivity index is 1.19. The summed E-state index contributed by atoms with van der Waals surface area (Å²) in [5.74, 6) is 1.58. The first-order valence-electron chi connectivity index (χ1n) is 11.1. The van der Waals surface area contributed by atoms with E-state index < -0.39 is 0 Å². The molecule has 2 aliphatic heterocycles. The molecule has 0 aliphatic carbocycles. The van der Waals surface area contributed by atoms with Crippen molar-refractivity contribution in [3.05, 3.63) is 47.2 Å². The first kappa shape index (κ1) is 20.4. The molecule has 1 aromatic carbocycles. The van der Waals surface area contributed by atoms with E-state index in [2.05, 4.69) is 45.1 Å². The molecular weight excluding hydrogens is 410 g/mol. The van der Waals surface area contributed by atoms with Crippen LogP contribution >= 0.6 is 23.1 Å². The summed E-state index contributed by atoms with van der Waals surface area (Å²) in [6, 6.07) is 10.6. The van der Waals surface area contributed by atoms with Crippen LogP contribution in [0.3, 0.4) is 0 Å². The molecule has 3 aromatic rings. The Labute approximate surface area is 186 Å². The summed E-state index contributed by atoms with van der Waals surface area (Å²) in [7, 11) is 0. The van der Waals surface area contributed by atoms with Gasteiger partial charge in [-0.2, -0.15) is 0 Å². The van der Waals surface area contributed by atoms with Crippen molar-refractivity contribution >= 4 is 33.3 Å². The topological polar surface area (TPSA) is 45.2 Å². The molecular formula is C23H29N5S2. The highest BCUT2D eigenvalue weighted by molar-refractivity contribution is 7.99. The van der Waals surface area contributed by atoms with Gasteiger partial charge in [0.15, 0.2) is 5.16 Å². The molecule has 30 heavy (non-hydrogen) atoms. The van der Waals surface area contributed by atoms with Crippen molar-refractivity contribution in [3.8, 4) is 0 Å². The van der Waals surface area contributed by atoms with E-state index in [9.17, 15) is 0 Å². The van der Waals surface area contributed by atoms with Crippen LogP contribution in [0.5, 0.6) is 0 Å². The lowest BCUT2D eigenvalue weighted by Crippen LogP contribution is -2.34. The average molecular weight is 440 g/mol. The zero-order valence-corrected chi connectivity index (χ0v) is 19.0. The summed E-state index contributed by atoms with van der Waals surface area (Å²) in [6.45, 7) is 6.82. The summed E-state index contributed by atoms with van der Waals surface area (Å²) in [6.07, 6.45) is 7.09. The van der Waals surface area contributed by atoms with E-state index in [0.29, 0.717) is 5.92 Å². The van der Waals surface area contributed by atoms with Crippen LogP contribution in [0.25, 0.3) is 10.2 Å². The monoisotopic (exact) mass is 439 g/mol. The molecule has 2 aromatic heterocycles. The van der Waals surface area contributed by atoms with Gasteiger partial charge in [-0.25, -0.2) is 15.0 Å². The number of hydrogen-bond donors (Lipinski definition) is 0. The first-order chi connectivity index (χ1) is 14.8. The Hall–Kier alpha value is -1.54. The second kappa shape index (κ2) is 9.73. The fraction of sp³-hybridized carbons (Fsp3) is 0.522. The summed E-state index contributed by atoms with van der Waals surface area (Å²) < 4.78 is 1.28. The highest BCUT2D eigenvalue weighted by atomic mass is 32.2. The number of fused-ring (bicyclic) bond motifs is 1. The van der Waals surface area contributed by atoms with Gasteiger partial charge in [-0.15, -0.1) is 11.3 Å². The third-order valence-electron chi connectivity index (χ3n) is 6.11. The standard InChI is InChI=1S/C23H29N5S2/c1-2-8-21-20(7-1)25-22(30-21)17-28-13-5-6-18(16-28)19-9-10-24-23(26-19)29-15-14-27-11-3-4-12-27/h1-2,7-10,18H,3-6,11-17H2/t18-/m0/s1. The van der Waals surface area contributed by atoms with Crippen molar-refractivity contribution in [1.29, 1.82) is 0 Å². The van der Waals surface area contributed by atoms with Gasteiger partial charge in [0.05, 0.1) is 16.8 Å². The number of likely N-dealkylation sites (tertiary alicyclic amines) is 2. The zero-order chi connectivity index (χ0) is 20.2. The van der Waals surface area contributed by atoms with Crippen molar-refractivity contribution in [2.24, 2.45) is 0 Å². The van der Waals surface area contributed by atoms with Crippen molar-refractivity contribution < 1.29 is 0 Å². The number of aromatic nitrogens is 3. The average Bonchev–Trinajstić information content (AvgIpc) is 3.43. The maximum Gasteiger partial charge on any atom is 0.187 e. The van der Waals surface area contributed by atoms with E-state index in [4.69, 9.17) is 9.97 Å². The number of benzene rings is 1. The van der Waals surface area contributed by atoms with Gasteiger partial charge in [0.1, 0.15) is 5.01 Å². The predicted octanol–water partition coefficient (Wildman–Crippen LogP) is 4.65. The molecule has 2 saturated heterocycles. The Morgan fingerprint density at radius 3 is 2.77 bits per heavy atom. The minimum atomic E-state index is 0.495. The van der Waals surface area contributed by atoms with Crippen LogP contribution in [0.2, 0.25) is 0 Å². The Morgan fingerprint density at radius 2 is 1.87 bits per heavy atom. The second-order valence-corrected chi connectivity index (χ2v) is 10.5. The summed E-state index contributed by atoms with van der Waals surface area (Å²) in [5, 5.41) is 2.16. The molecule has 4 heterocycles. The molecule has 2 fully saturated rings. The van der Waals surface area contributed by atoms with Gasteiger partial charge in [-0.1, -0.05) is 23.9 Å². The number of hydrogen-bond acceptors (Lipinski definition) is 7. The van der Waals surface area contributed by atoms with Gasteiger partial charge >= 0.3 is 0 Å². The third-order valence-corrected chi connectivity index (χ3v) is 7.98. The lowest BCUT2D eigenvalue weighted by Gasteiger charge is -2.31. The van der Waals surface area contributed by atoms with E-state index in [-0.39, 0.29) is 0 Å². The SMILES string of the molecule is c1ccc2sc(CN3CCC[C@H](c4ccnc(SCCN5CCCC5)n4)C3)nc2c1. The van der Waals surface area contributed by atoms with Crippen LogP contribution in [0.15, 0.2) is 41.7 Å². The van der Waals surface area contributed by atoms with Crippen LogP contribution in [-0.4, -0.2) is 63.2 Å². The molecule has 2 aliphatic rings. The number of nitrogens with zero attached hydrogens (tertiary/aromatic N) is 5. The first-order valence-corrected chi connectivity index (χ1v) is 12.9. The van der Waals surface area contributed by atoms with E-state index in [1.807, 2.05) is 17.5 Å². The van der Waals surface area contributed by atoms with E-state index in [1.165, 1.54) is 54.2 Å². The van der Waals surface area contributed by atoms with Crippen LogP contribution in [0.1, 0.15) is 42.3 Å². The highest BCUT2D eigenvalue weighted by Gasteiger charge is 2.23. The lowest BCUT2D eigenvalue weighted by molar-refractivity contribution is 0.198. The van der Waals surface area contributed by atoms with Crippen molar-refractivity contribution in [1.82, 2.24) is 24.8 Å². The molecule has 1 atom stereocenters. The minimum Gasteiger partial charge on any atom is -0.303 e. The number of para-hydroxylation sites is 1. The highest BCUT2D eigenvalue weighted by Crippen LogP contribution is 2.29. The number of piperidine rings is 1. The molecule has 5 rings (SSSR count). The normalized spacial score (nSPS) is 20.9. The summed E-state index contributed by atoms with van der Waals surface area (Å²) in [5.41, 5.74) is 2.33. The van der Waals surface area contributed by atoms with Crippen LogP contribution in [0, 0.1) is 0 Å². The largest absolute Gasteiger partial charge is 0.303 e.